The molecule has 0 amide bonds. The van der Waals surface area contributed by atoms with E-state index in [-0.39, 0.29) is 0 Å². The minimum absolute atomic E-state index is 0.932. The maximum absolute atomic E-state index is 6.53. The summed E-state index contributed by atoms with van der Waals surface area (Å²) in [5.41, 5.74) is 6.65. The van der Waals surface area contributed by atoms with Crippen molar-refractivity contribution in [3.63, 3.8) is 0 Å². The average Bonchev–Trinajstić information content (AvgIpc) is 3.57. The first-order valence-corrected chi connectivity index (χ1v) is 16.4. The second kappa shape index (κ2) is 11.8. The van der Waals surface area contributed by atoms with Crippen LogP contribution in [0.25, 0.3) is 65.4 Å². The highest BCUT2D eigenvalue weighted by molar-refractivity contribution is 6.25. The van der Waals surface area contributed by atoms with Crippen molar-refractivity contribution in [2.45, 2.75) is 90.9 Å². The summed E-state index contributed by atoms with van der Waals surface area (Å²) in [6.45, 7) is 4.55. The fourth-order valence-electron chi connectivity index (χ4n) is 7.16. The van der Waals surface area contributed by atoms with Crippen LogP contribution in [0.3, 0.4) is 0 Å². The fourth-order valence-corrected chi connectivity index (χ4v) is 7.16. The molecule has 214 valence electrons. The van der Waals surface area contributed by atoms with E-state index in [1.807, 2.05) is 0 Å². The van der Waals surface area contributed by atoms with E-state index in [2.05, 4.69) is 86.6 Å². The van der Waals surface area contributed by atoms with Crippen LogP contribution in [0, 0.1) is 0 Å². The molecule has 2 heteroatoms. The third kappa shape index (κ3) is 4.85. The monoisotopic (exact) mass is 554 g/mol. The summed E-state index contributed by atoms with van der Waals surface area (Å²) in [4.78, 5) is 0. The lowest BCUT2D eigenvalue weighted by Crippen LogP contribution is -1.89. The topological polar surface area (TPSA) is 26.3 Å². The Labute approximate surface area is 248 Å². The molecule has 2 aromatic heterocycles. The van der Waals surface area contributed by atoms with Crippen LogP contribution in [0.15, 0.2) is 81.6 Å². The van der Waals surface area contributed by atoms with Crippen molar-refractivity contribution < 1.29 is 8.83 Å². The van der Waals surface area contributed by atoms with Crippen LogP contribution in [0.1, 0.15) is 89.2 Å². The van der Waals surface area contributed by atoms with Gasteiger partial charge in [-0.15, -0.1) is 0 Å². The quantitative estimate of drug-likeness (QED) is 0.140. The lowest BCUT2D eigenvalue weighted by atomic mass is 9.95. The van der Waals surface area contributed by atoms with Crippen LogP contribution in [0.2, 0.25) is 0 Å². The summed E-state index contributed by atoms with van der Waals surface area (Å²) in [6, 6.07) is 26.9. The van der Waals surface area contributed by atoms with Gasteiger partial charge in [-0.05, 0) is 82.6 Å². The molecule has 2 nitrogen and oxygen atoms in total. The molecule has 0 bridgehead atoms. The standard InChI is InChI=1S/C40H42O2/c1-3-5-7-9-11-15-27-17-13-19-31-29(27)21-23-35-39(31)33-25-38-34(26-37(33)41-35)40-32-20-14-18-28(16-12-10-8-6-4-2)30(32)22-24-36(40)42-38/h13-14,17-26H,3-12,15-16H2,1-2H3. The van der Waals surface area contributed by atoms with Gasteiger partial charge in [-0.1, -0.05) is 114 Å². The molecule has 0 radical (unpaired) electrons. The Morgan fingerprint density at radius 1 is 0.405 bits per heavy atom. The van der Waals surface area contributed by atoms with E-state index in [0.29, 0.717) is 0 Å². The zero-order chi connectivity index (χ0) is 28.5. The third-order valence-corrected chi connectivity index (χ3v) is 9.39. The predicted molar refractivity (Wildman–Crippen MR) is 181 cm³/mol. The van der Waals surface area contributed by atoms with Gasteiger partial charge in [0.25, 0.3) is 0 Å². The van der Waals surface area contributed by atoms with Gasteiger partial charge in [-0.2, -0.15) is 0 Å². The minimum atomic E-state index is 0.932. The fraction of sp³-hybridized carbons (Fsp3) is 0.350. The van der Waals surface area contributed by atoms with Crippen molar-refractivity contribution in [1.82, 2.24) is 0 Å². The highest BCUT2D eigenvalue weighted by Crippen LogP contribution is 2.42. The number of benzene rings is 5. The summed E-state index contributed by atoms with van der Waals surface area (Å²) < 4.78 is 13.1. The molecule has 0 unspecified atom stereocenters. The normalized spacial score (nSPS) is 12.2. The Kier molecular flexibility index (Phi) is 7.63. The smallest absolute Gasteiger partial charge is 0.136 e. The van der Waals surface area contributed by atoms with Crippen molar-refractivity contribution in [1.29, 1.82) is 0 Å². The molecule has 7 rings (SSSR count). The number of hydrogen-bond donors (Lipinski definition) is 0. The van der Waals surface area contributed by atoms with Gasteiger partial charge in [0.05, 0.1) is 0 Å². The molecule has 0 N–H and O–H groups in total. The van der Waals surface area contributed by atoms with E-state index in [1.54, 1.807) is 0 Å². The average molecular weight is 555 g/mol. The molecule has 0 saturated carbocycles. The molecular weight excluding hydrogens is 512 g/mol. The van der Waals surface area contributed by atoms with Gasteiger partial charge in [0.1, 0.15) is 22.3 Å². The molecule has 5 aromatic carbocycles. The van der Waals surface area contributed by atoms with Gasteiger partial charge >= 0.3 is 0 Å². The first kappa shape index (κ1) is 27.1. The Hall–Kier alpha value is -3.78. The summed E-state index contributed by atoms with van der Waals surface area (Å²) in [5.74, 6) is 0. The van der Waals surface area contributed by atoms with Crippen LogP contribution in [0.5, 0.6) is 0 Å². The largest absolute Gasteiger partial charge is 0.456 e. The van der Waals surface area contributed by atoms with Crippen LogP contribution >= 0.6 is 0 Å². The summed E-state index contributed by atoms with van der Waals surface area (Å²) in [5, 5.41) is 9.94. The van der Waals surface area contributed by atoms with E-state index in [1.165, 1.54) is 108 Å². The number of furan rings is 2. The predicted octanol–water partition coefficient (Wildman–Crippen LogP) is 12.8. The molecule has 0 aliphatic heterocycles. The molecule has 0 atom stereocenters. The van der Waals surface area contributed by atoms with Gasteiger partial charge in [0.15, 0.2) is 0 Å². The third-order valence-electron chi connectivity index (χ3n) is 9.39. The SMILES string of the molecule is CCCCCCCc1cccc2c1ccc1oc3cc4c(cc3c12)oc1ccc2c(CCCCCCC)cccc2c14. The summed E-state index contributed by atoms with van der Waals surface area (Å²) in [7, 11) is 0. The molecule has 2 heterocycles. The zero-order valence-electron chi connectivity index (χ0n) is 25.2. The Bertz CT molecular complexity index is 1870. The molecule has 7 aromatic rings. The highest BCUT2D eigenvalue weighted by Gasteiger charge is 2.18. The molecule has 0 saturated heterocycles. The van der Waals surface area contributed by atoms with E-state index >= 15 is 0 Å². The van der Waals surface area contributed by atoms with E-state index in [9.17, 15) is 0 Å². The van der Waals surface area contributed by atoms with Gasteiger partial charge in [0.2, 0.25) is 0 Å². The number of aryl methyl sites for hydroxylation is 2. The van der Waals surface area contributed by atoms with Crippen LogP contribution < -0.4 is 0 Å². The van der Waals surface area contributed by atoms with Gasteiger partial charge in [-0.25, -0.2) is 0 Å². The van der Waals surface area contributed by atoms with Crippen molar-refractivity contribution >= 4 is 65.4 Å². The highest BCUT2D eigenvalue weighted by atomic mass is 16.3. The van der Waals surface area contributed by atoms with Crippen LogP contribution in [-0.4, -0.2) is 0 Å². The van der Waals surface area contributed by atoms with Crippen molar-refractivity contribution in [2.24, 2.45) is 0 Å². The van der Waals surface area contributed by atoms with E-state index in [0.717, 1.165) is 45.9 Å². The summed E-state index contributed by atoms with van der Waals surface area (Å²) in [6.07, 6.45) is 15.3. The zero-order valence-corrected chi connectivity index (χ0v) is 25.2. The maximum atomic E-state index is 6.53. The molecule has 42 heavy (non-hydrogen) atoms. The van der Waals surface area contributed by atoms with E-state index < -0.39 is 0 Å². The molecule has 0 aliphatic carbocycles. The van der Waals surface area contributed by atoms with Crippen LogP contribution in [-0.2, 0) is 12.8 Å². The molecular formula is C40H42O2. The Morgan fingerprint density at radius 3 is 1.31 bits per heavy atom. The second-order valence-corrected chi connectivity index (χ2v) is 12.3. The van der Waals surface area contributed by atoms with Gasteiger partial charge in [0, 0.05) is 21.5 Å². The molecule has 0 spiro atoms. The van der Waals surface area contributed by atoms with Crippen molar-refractivity contribution in [3.05, 3.63) is 83.9 Å². The van der Waals surface area contributed by atoms with E-state index in [4.69, 9.17) is 8.83 Å². The first-order valence-electron chi connectivity index (χ1n) is 16.4. The Balaban J connectivity index is 1.31. The van der Waals surface area contributed by atoms with Crippen LogP contribution in [0.4, 0.5) is 0 Å². The number of unbranched alkanes of at least 4 members (excludes halogenated alkanes) is 8. The molecule has 0 aliphatic rings. The van der Waals surface area contributed by atoms with Gasteiger partial charge in [-0.3, -0.25) is 0 Å². The number of rotatable bonds is 12. The maximum Gasteiger partial charge on any atom is 0.136 e. The lowest BCUT2D eigenvalue weighted by molar-refractivity contribution is 0.633. The van der Waals surface area contributed by atoms with Crippen molar-refractivity contribution in [2.75, 3.05) is 0 Å². The lowest BCUT2D eigenvalue weighted by Gasteiger charge is -2.08. The summed E-state index contributed by atoms with van der Waals surface area (Å²) >= 11 is 0. The first-order chi connectivity index (χ1) is 20.8. The van der Waals surface area contributed by atoms with Gasteiger partial charge < -0.3 is 8.83 Å². The Morgan fingerprint density at radius 2 is 0.857 bits per heavy atom. The van der Waals surface area contributed by atoms with Crippen molar-refractivity contribution in [3.8, 4) is 0 Å². The minimum Gasteiger partial charge on any atom is -0.456 e. The number of hydrogen-bond acceptors (Lipinski definition) is 2. The second-order valence-electron chi connectivity index (χ2n) is 12.3. The molecule has 0 fully saturated rings. The number of fused-ring (bicyclic) bond motifs is 10.